The van der Waals surface area contributed by atoms with E-state index in [9.17, 15) is 14.9 Å². The fraction of sp³-hybridized carbons (Fsp3) is 0.0833. The summed E-state index contributed by atoms with van der Waals surface area (Å²) < 4.78 is 0. The monoisotopic (exact) mass is 230 g/mol. The van der Waals surface area contributed by atoms with Crippen molar-refractivity contribution >= 4 is 5.69 Å². The van der Waals surface area contributed by atoms with Crippen molar-refractivity contribution in [2.75, 3.05) is 0 Å². The van der Waals surface area contributed by atoms with Crippen molar-refractivity contribution in [3.05, 3.63) is 62.4 Å². The Labute approximate surface area is 96.9 Å². The molecule has 0 radical (unpaired) electrons. The zero-order chi connectivity index (χ0) is 12.4. The van der Waals surface area contributed by atoms with Crippen molar-refractivity contribution in [3.8, 4) is 11.3 Å². The predicted molar refractivity (Wildman–Crippen MR) is 63.9 cm³/mol. The van der Waals surface area contributed by atoms with Gasteiger partial charge in [-0.25, -0.2) is 0 Å². The second-order valence-corrected chi connectivity index (χ2v) is 3.66. The van der Waals surface area contributed by atoms with E-state index in [0.29, 0.717) is 5.69 Å². The van der Waals surface area contributed by atoms with Crippen LogP contribution in [-0.4, -0.2) is 9.91 Å². The van der Waals surface area contributed by atoms with Crippen LogP contribution in [0.25, 0.3) is 11.3 Å². The molecule has 1 heterocycles. The van der Waals surface area contributed by atoms with Crippen molar-refractivity contribution in [3.63, 3.8) is 0 Å². The molecule has 0 unspecified atom stereocenters. The molecule has 0 spiro atoms. The Kier molecular flexibility index (Phi) is 2.74. The maximum Gasteiger partial charge on any atom is 0.333 e. The summed E-state index contributed by atoms with van der Waals surface area (Å²) in [5, 5.41) is 10.5. The van der Waals surface area contributed by atoms with Crippen LogP contribution < -0.4 is 5.56 Å². The molecule has 5 nitrogen and oxygen atoms in total. The first-order valence-corrected chi connectivity index (χ1v) is 5.03. The Morgan fingerprint density at radius 2 is 1.88 bits per heavy atom. The lowest BCUT2D eigenvalue weighted by atomic mass is 10.1. The number of aryl methyl sites for hydroxylation is 1. The van der Waals surface area contributed by atoms with Crippen LogP contribution in [0, 0.1) is 17.0 Å². The molecule has 86 valence electrons. The maximum atomic E-state index is 11.5. The first-order valence-electron chi connectivity index (χ1n) is 5.03. The molecule has 5 heteroatoms. The molecule has 2 rings (SSSR count). The van der Waals surface area contributed by atoms with Gasteiger partial charge < -0.3 is 4.98 Å². The molecule has 1 aromatic carbocycles. The van der Waals surface area contributed by atoms with Crippen LogP contribution in [0.1, 0.15) is 5.56 Å². The van der Waals surface area contributed by atoms with Crippen LogP contribution in [0.2, 0.25) is 0 Å². The number of nitro groups is 1. The van der Waals surface area contributed by atoms with Gasteiger partial charge in [-0.15, -0.1) is 0 Å². The standard InChI is InChI=1S/C12H10N2O3/c1-8-4-2-3-5-9(8)10-6-7-11(14(16)17)12(15)13-10/h2-7H,1H3,(H,13,15). The lowest BCUT2D eigenvalue weighted by Crippen LogP contribution is -2.11. The van der Waals surface area contributed by atoms with Gasteiger partial charge in [0.15, 0.2) is 0 Å². The maximum absolute atomic E-state index is 11.5. The molecule has 17 heavy (non-hydrogen) atoms. The minimum Gasteiger partial charge on any atom is -0.316 e. The van der Waals surface area contributed by atoms with Crippen molar-refractivity contribution in [2.24, 2.45) is 0 Å². The zero-order valence-electron chi connectivity index (χ0n) is 9.14. The number of nitrogens with one attached hydrogen (secondary N) is 1. The van der Waals surface area contributed by atoms with Gasteiger partial charge in [-0.3, -0.25) is 14.9 Å². The molecule has 0 amide bonds. The number of pyridine rings is 1. The van der Waals surface area contributed by atoms with E-state index in [1.54, 1.807) is 6.07 Å². The number of rotatable bonds is 2. The summed E-state index contributed by atoms with van der Waals surface area (Å²) in [6.07, 6.45) is 0. The van der Waals surface area contributed by atoms with E-state index in [-0.39, 0.29) is 0 Å². The van der Waals surface area contributed by atoms with E-state index >= 15 is 0 Å². The van der Waals surface area contributed by atoms with E-state index in [1.165, 1.54) is 6.07 Å². The van der Waals surface area contributed by atoms with Crippen LogP contribution in [0.3, 0.4) is 0 Å². The molecule has 0 aliphatic rings. The largest absolute Gasteiger partial charge is 0.333 e. The fourth-order valence-corrected chi connectivity index (χ4v) is 1.64. The quantitative estimate of drug-likeness (QED) is 0.635. The first-order chi connectivity index (χ1) is 8.09. The van der Waals surface area contributed by atoms with E-state index in [4.69, 9.17) is 0 Å². The highest BCUT2D eigenvalue weighted by atomic mass is 16.6. The highest BCUT2D eigenvalue weighted by Crippen LogP contribution is 2.20. The highest BCUT2D eigenvalue weighted by Gasteiger charge is 2.12. The first kappa shape index (κ1) is 11.1. The second kappa shape index (κ2) is 4.21. The molecule has 1 aromatic heterocycles. The summed E-state index contributed by atoms with van der Waals surface area (Å²) in [6.45, 7) is 1.91. The Balaban J connectivity index is 2.57. The number of aromatic nitrogens is 1. The van der Waals surface area contributed by atoms with Crippen molar-refractivity contribution in [1.82, 2.24) is 4.98 Å². The number of aromatic amines is 1. The number of H-pyrrole nitrogens is 1. The van der Waals surface area contributed by atoms with Gasteiger partial charge in [0, 0.05) is 17.3 Å². The summed E-state index contributed by atoms with van der Waals surface area (Å²) >= 11 is 0. The summed E-state index contributed by atoms with van der Waals surface area (Å²) in [4.78, 5) is 23.8. The van der Waals surface area contributed by atoms with Crippen LogP contribution in [0.4, 0.5) is 5.69 Å². The molecule has 0 saturated carbocycles. The molecular weight excluding hydrogens is 220 g/mol. The number of hydrogen-bond donors (Lipinski definition) is 1. The van der Waals surface area contributed by atoms with Crippen molar-refractivity contribution in [2.45, 2.75) is 6.92 Å². The van der Waals surface area contributed by atoms with Gasteiger partial charge in [0.05, 0.1) is 4.92 Å². The van der Waals surface area contributed by atoms with Gasteiger partial charge in [0.2, 0.25) is 0 Å². The van der Waals surface area contributed by atoms with Gasteiger partial charge in [-0.1, -0.05) is 24.3 Å². The highest BCUT2D eigenvalue weighted by molar-refractivity contribution is 5.63. The average molecular weight is 230 g/mol. The van der Waals surface area contributed by atoms with Gasteiger partial charge in [0.1, 0.15) is 0 Å². The molecule has 0 bridgehead atoms. The molecule has 1 N–H and O–H groups in total. The topological polar surface area (TPSA) is 76.0 Å². The molecule has 2 aromatic rings. The third-order valence-electron chi connectivity index (χ3n) is 2.52. The number of nitrogens with zero attached hydrogens (tertiary/aromatic N) is 1. The molecule has 0 saturated heterocycles. The minimum absolute atomic E-state index is 0.442. The second-order valence-electron chi connectivity index (χ2n) is 3.66. The zero-order valence-corrected chi connectivity index (χ0v) is 9.14. The smallest absolute Gasteiger partial charge is 0.316 e. The minimum atomic E-state index is -0.694. The Morgan fingerprint density at radius 3 is 2.47 bits per heavy atom. The predicted octanol–water partition coefficient (Wildman–Crippen LogP) is 2.26. The Hall–Kier alpha value is -2.43. The molecule has 0 atom stereocenters. The van der Waals surface area contributed by atoms with Gasteiger partial charge in [-0.05, 0) is 18.6 Å². The molecule has 0 aliphatic heterocycles. The van der Waals surface area contributed by atoms with E-state index < -0.39 is 16.2 Å². The summed E-state index contributed by atoms with van der Waals surface area (Å²) in [7, 11) is 0. The van der Waals surface area contributed by atoms with Gasteiger partial charge in [0.25, 0.3) is 0 Å². The van der Waals surface area contributed by atoms with Gasteiger partial charge >= 0.3 is 11.2 Å². The lowest BCUT2D eigenvalue weighted by Gasteiger charge is -2.04. The van der Waals surface area contributed by atoms with Crippen LogP contribution in [-0.2, 0) is 0 Å². The number of benzene rings is 1. The normalized spacial score (nSPS) is 10.2. The summed E-state index contributed by atoms with van der Waals surface area (Å²) in [5.41, 5.74) is 1.31. The lowest BCUT2D eigenvalue weighted by molar-refractivity contribution is -0.386. The van der Waals surface area contributed by atoms with Crippen molar-refractivity contribution in [1.29, 1.82) is 0 Å². The Bertz CT molecular complexity index is 632. The van der Waals surface area contributed by atoms with Gasteiger partial charge in [-0.2, -0.15) is 0 Å². The molecular formula is C12H10N2O3. The average Bonchev–Trinajstić information content (AvgIpc) is 2.29. The van der Waals surface area contributed by atoms with Crippen molar-refractivity contribution < 1.29 is 4.92 Å². The third-order valence-corrected chi connectivity index (χ3v) is 2.52. The molecule has 0 aliphatic carbocycles. The fourth-order valence-electron chi connectivity index (χ4n) is 1.64. The third kappa shape index (κ3) is 2.08. The van der Waals surface area contributed by atoms with Crippen LogP contribution >= 0.6 is 0 Å². The molecule has 0 fully saturated rings. The summed E-state index contributed by atoms with van der Waals surface area (Å²) in [6, 6.07) is 10.3. The Morgan fingerprint density at radius 1 is 1.18 bits per heavy atom. The van der Waals surface area contributed by atoms with E-state index in [0.717, 1.165) is 11.1 Å². The van der Waals surface area contributed by atoms with E-state index in [1.807, 2.05) is 31.2 Å². The SMILES string of the molecule is Cc1ccccc1-c1ccc([N+](=O)[O-])c(=O)[nH]1. The summed E-state index contributed by atoms with van der Waals surface area (Å²) in [5.74, 6) is 0. The number of hydrogen-bond acceptors (Lipinski definition) is 3. The van der Waals surface area contributed by atoms with Crippen LogP contribution in [0.15, 0.2) is 41.2 Å². The van der Waals surface area contributed by atoms with E-state index in [2.05, 4.69) is 4.98 Å². The van der Waals surface area contributed by atoms with Crippen LogP contribution in [0.5, 0.6) is 0 Å².